The summed E-state index contributed by atoms with van der Waals surface area (Å²) in [6, 6.07) is 3.14. The summed E-state index contributed by atoms with van der Waals surface area (Å²) in [5, 5.41) is 12.0. The summed E-state index contributed by atoms with van der Waals surface area (Å²) in [4.78, 5) is 27.3. The maximum Gasteiger partial charge on any atom is 0.336 e. The summed E-state index contributed by atoms with van der Waals surface area (Å²) in [6.45, 7) is 6.66. The lowest BCUT2D eigenvalue weighted by Crippen LogP contribution is -2.48. The van der Waals surface area contributed by atoms with E-state index in [4.69, 9.17) is 0 Å². The number of aromatic carboxylic acids is 1. The SMILES string of the molecule is Cc1cc(NC(=O)N2CCN(C)CC2)cc(C(=O)O)c1C. The summed E-state index contributed by atoms with van der Waals surface area (Å²) in [5.74, 6) is -0.980. The quantitative estimate of drug-likeness (QED) is 0.871. The van der Waals surface area contributed by atoms with Gasteiger partial charge in [-0.15, -0.1) is 0 Å². The lowest BCUT2D eigenvalue weighted by molar-refractivity contribution is 0.0696. The van der Waals surface area contributed by atoms with Crippen molar-refractivity contribution in [2.75, 3.05) is 38.5 Å². The molecule has 0 radical (unpaired) electrons. The molecule has 1 aliphatic rings. The minimum absolute atomic E-state index is 0.178. The number of hydrogen-bond acceptors (Lipinski definition) is 3. The van der Waals surface area contributed by atoms with Crippen LogP contribution in [0.2, 0.25) is 0 Å². The van der Waals surface area contributed by atoms with Crippen LogP contribution in [0.1, 0.15) is 21.5 Å². The molecule has 1 aromatic carbocycles. The predicted octanol–water partition coefficient (Wildman–Crippen LogP) is 1.78. The van der Waals surface area contributed by atoms with Crippen molar-refractivity contribution >= 4 is 17.7 Å². The van der Waals surface area contributed by atoms with E-state index in [1.165, 1.54) is 6.07 Å². The summed E-state index contributed by atoms with van der Waals surface area (Å²) in [5.41, 5.74) is 2.33. The third kappa shape index (κ3) is 3.52. The Morgan fingerprint density at radius 1 is 1.14 bits per heavy atom. The molecule has 1 fully saturated rings. The highest BCUT2D eigenvalue weighted by molar-refractivity contribution is 5.94. The van der Waals surface area contributed by atoms with Crippen LogP contribution in [-0.2, 0) is 0 Å². The van der Waals surface area contributed by atoms with Gasteiger partial charge in [0, 0.05) is 31.9 Å². The number of nitrogens with one attached hydrogen (secondary N) is 1. The molecule has 21 heavy (non-hydrogen) atoms. The Hall–Kier alpha value is -2.08. The number of rotatable bonds is 2. The fourth-order valence-electron chi connectivity index (χ4n) is 2.37. The van der Waals surface area contributed by atoms with E-state index < -0.39 is 5.97 Å². The van der Waals surface area contributed by atoms with Crippen LogP contribution in [0.25, 0.3) is 0 Å². The molecule has 6 heteroatoms. The second-order valence-electron chi connectivity index (χ2n) is 5.49. The lowest BCUT2D eigenvalue weighted by Gasteiger charge is -2.32. The molecule has 0 aromatic heterocycles. The van der Waals surface area contributed by atoms with E-state index in [1.54, 1.807) is 17.9 Å². The minimum Gasteiger partial charge on any atom is -0.478 e. The van der Waals surface area contributed by atoms with E-state index in [-0.39, 0.29) is 11.6 Å². The standard InChI is InChI=1S/C15H21N3O3/c1-10-8-12(9-13(11(10)2)14(19)20)16-15(21)18-6-4-17(3)5-7-18/h8-9H,4-7H2,1-3H3,(H,16,21)(H,19,20). The first-order valence-corrected chi connectivity index (χ1v) is 6.97. The average molecular weight is 291 g/mol. The highest BCUT2D eigenvalue weighted by atomic mass is 16.4. The zero-order valence-corrected chi connectivity index (χ0v) is 12.6. The summed E-state index contributed by atoms with van der Waals surface area (Å²) in [6.07, 6.45) is 0. The number of piperazine rings is 1. The summed E-state index contributed by atoms with van der Waals surface area (Å²) in [7, 11) is 2.03. The first kappa shape index (κ1) is 15.3. The fraction of sp³-hybridized carbons (Fsp3) is 0.467. The normalized spacial score (nSPS) is 15.9. The van der Waals surface area contributed by atoms with Crippen molar-refractivity contribution in [2.24, 2.45) is 0 Å². The van der Waals surface area contributed by atoms with Gasteiger partial charge in [-0.05, 0) is 44.2 Å². The van der Waals surface area contributed by atoms with Gasteiger partial charge in [0.25, 0.3) is 0 Å². The first-order valence-electron chi connectivity index (χ1n) is 6.97. The molecule has 114 valence electrons. The number of benzene rings is 1. The van der Waals surface area contributed by atoms with Crippen LogP contribution in [0.3, 0.4) is 0 Å². The predicted molar refractivity (Wildman–Crippen MR) is 81.0 cm³/mol. The number of anilines is 1. The number of carboxylic acids is 1. The molecule has 2 amide bonds. The van der Waals surface area contributed by atoms with Gasteiger partial charge in [-0.25, -0.2) is 9.59 Å². The molecule has 0 atom stereocenters. The van der Waals surface area contributed by atoms with Crippen molar-refractivity contribution in [3.8, 4) is 0 Å². The van der Waals surface area contributed by atoms with Gasteiger partial charge in [-0.2, -0.15) is 0 Å². The van der Waals surface area contributed by atoms with E-state index in [0.29, 0.717) is 18.8 Å². The van der Waals surface area contributed by atoms with Crippen LogP contribution >= 0.6 is 0 Å². The van der Waals surface area contributed by atoms with E-state index in [0.717, 1.165) is 24.2 Å². The zero-order valence-electron chi connectivity index (χ0n) is 12.6. The van der Waals surface area contributed by atoms with E-state index >= 15 is 0 Å². The third-order valence-corrected chi connectivity index (χ3v) is 3.94. The van der Waals surface area contributed by atoms with Gasteiger partial charge in [0.05, 0.1) is 5.56 Å². The van der Waals surface area contributed by atoms with Crippen LogP contribution in [0.15, 0.2) is 12.1 Å². The molecule has 1 heterocycles. The fourth-order valence-corrected chi connectivity index (χ4v) is 2.37. The number of carbonyl (C=O) groups is 2. The molecule has 0 bridgehead atoms. The van der Waals surface area contributed by atoms with Crippen LogP contribution in [0.4, 0.5) is 10.5 Å². The largest absolute Gasteiger partial charge is 0.478 e. The number of urea groups is 1. The van der Waals surface area contributed by atoms with Crippen molar-refractivity contribution in [3.63, 3.8) is 0 Å². The van der Waals surface area contributed by atoms with Gasteiger partial charge < -0.3 is 20.2 Å². The van der Waals surface area contributed by atoms with E-state index in [9.17, 15) is 14.7 Å². The second kappa shape index (κ2) is 6.13. The Balaban J connectivity index is 2.12. The van der Waals surface area contributed by atoms with Crippen molar-refractivity contribution in [3.05, 3.63) is 28.8 Å². The van der Waals surface area contributed by atoms with Crippen molar-refractivity contribution in [1.82, 2.24) is 9.80 Å². The Morgan fingerprint density at radius 3 is 2.33 bits per heavy atom. The van der Waals surface area contributed by atoms with Crippen molar-refractivity contribution < 1.29 is 14.7 Å². The molecule has 1 saturated heterocycles. The molecule has 2 N–H and O–H groups in total. The maximum absolute atomic E-state index is 12.2. The second-order valence-corrected chi connectivity index (χ2v) is 5.49. The molecule has 0 unspecified atom stereocenters. The lowest BCUT2D eigenvalue weighted by atomic mass is 10.0. The van der Waals surface area contributed by atoms with Crippen LogP contribution < -0.4 is 5.32 Å². The number of likely N-dealkylation sites (N-methyl/N-ethyl adjacent to an activating group) is 1. The molecular weight excluding hydrogens is 270 g/mol. The smallest absolute Gasteiger partial charge is 0.336 e. The van der Waals surface area contributed by atoms with Gasteiger partial charge in [0.15, 0.2) is 0 Å². The van der Waals surface area contributed by atoms with Gasteiger partial charge in [-0.3, -0.25) is 0 Å². The Morgan fingerprint density at radius 2 is 1.76 bits per heavy atom. The van der Waals surface area contributed by atoms with Gasteiger partial charge in [0.2, 0.25) is 0 Å². The van der Waals surface area contributed by atoms with Crippen LogP contribution in [0, 0.1) is 13.8 Å². The number of amides is 2. The molecule has 2 rings (SSSR count). The van der Waals surface area contributed by atoms with Crippen molar-refractivity contribution in [1.29, 1.82) is 0 Å². The summed E-state index contributed by atoms with van der Waals surface area (Å²) >= 11 is 0. The molecule has 1 aromatic rings. The third-order valence-electron chi connectivity index (χ3n) is 3.94. The molecule has 0 saturated carbocycles. The highest BCUT2D eigenvalue weighted by Crippen LogP contribution is 2.20. The first-order chi connectivity index (χ1) is 9.88. The van der Waals surface area contributed by atoms with Crippen molar-refractivity contribution in [2.45, 2.75) is 13.8 Å². The number of hydrogen-bond donors (Lipinski definition) is 2. The topological polar surface area (TPSA) is 72.9 Å². The number of aryl methyl sites for hydroxylation is 1. The Bertz CT molecular complexity index is 564. The highest BCUT2D eigenvalue weighted by Gasteiger charge is 2.20. The summed E-state index contributed by atoms with van der Waals surface area (Å²) < 4.78 is 0. The molecule has 6 nitrogen and oxygen atoms in total. The number of carbonyl (C=O) groups excluding carboxylic acids is 1. The van der Waals surface area contributed by atoms with Crippen LogP contribution in [0.5, 0.6) is 0 Å². The monoisotopic (exact) mass is 291 g/mol. The van der Waals surface area contributed by atoms with E-state index in [1.807, 2.05) is 14.0 Å². The number of carboxylic acid groups (broad SMARTS) is 1. The Labute approximate surface area is 124 Å². The average Bonchev–Trinajstić information content (AvgIpc) is 2.43. The van der Waals surface area contributed by atoms with Crippen LogP contribution in [-0.4, -0.2) is 60.1 Å². The van der Waals surface area contributed by atoms with E-state index in [2.05, 4.69) is 10.2 Å². The maximum atomic E-state index is 12.2. The van der Waals surface area contributed by atoms with Gasteiger partial charge >= 0.3 is 12.0 Å². The molecule has 0 spiro atoms. The number of nitrogens with zero attached hydrogens (tertiary/aromatic N) is 2. The Kier molecular flexibility index (Phi) is 4.47. The van der Waals surface area contributed by atoms with Gasteiger partial charge in [0.1, 0.15) is 0 Å². The molecular formula is C15H21N3O3. The zero-order chi connectivity index (χ0) is 15.6. The molecule has 0 aliphatic carbocycles. The minimum atomic E-state index is -0.980. The molecule has 1 aliphatic heterocycles. The van der Waals surface area contributed by atoms with Gasteiger partial charge in [-0.1, -0.05) is 0 Å².